The summed E-state index contributed by atoms with van der Waals surface area (Å²) < 4.78 is 42.4. The van der Waals surface area contributed by atoms with E-state index in [9.17, 15) is 17.6 Å². The highest BCUT2D eigenvalue weighted by Gasteiger charge is 2.29. The molecule has 2 heterocycles. The molecular formula is C16H18ClFN4O4S2. The summed E-state index contributed by atoms with van der Waals surface area (Å²) in [6, 6.07) is 4.61. The van der Waals surface area contributed by atoms with Crippen molar-refractivity contribution in [2.45, 2.75) is 12.5 Å². The third kappa shape index (κ3) is 4.85. The lowest BCUT2D eigenvalue weighted by Crippen LogP contribution is -2.30. The molecule has 0 fully saturated rings. The molecule has 0 saturated heterocycles. The lowest BCUT2D eigenvalue weighted by Gasteiger charge is -2.29. The number of hydrogen-bond acceptors (Lipinski definition) is 7. The van der Waals surface area contributed by atoms with E-state index in [2.05, 4.69) is 19.4 Å². The van der Waals surface area contributed by atoms with Crippen molar-refractivity contribution >= 4 is 44.3 Å². The van der Waals surface area contributed by atoms with Crippen LogP contribution >= 0.6 is 22.9 Å². The van der Waals surface area contributed by atoms with Gasteiger partial charge in [-0.05, 0) is 24.7 Å². The van der Waals surface area contributed by atoms with Gasteiger partial charge >= 0.3 is 10.3 Å². The van der Waals surface area contributed by atoms with Crippen LogP contribution in [-0.4, -0.2) is 51.5 Å². The molecule has 1 aliphatic heterocycles. The standard InChI is InChI=1S/C16H18ClFN4O4S2/c1-19-28(24,25)26-8-14(23)21-16-20-13-7-22(2)6-10(15(13)27-16)9-3-4-12(18)11(17)5-9/h3-5,10,19H,6-8H2,1-2H3,(H,20,21,23). The fourth-order valence-corrected chi connectivity index (χ4v) is 4.53. The van der Waals surface area contributed by atoms with Crippen LogP contribution in [0.15, 0.2) is 18.2 Å². The molecule has 8 nitrogen and oxygen atoms in total. The number of carbonyl (C=O) groups is 1. The first-order chi connectivity index (χ1) is 13.2. The SMILES string of the molecule is CNS(=O)(=O)OCC(=O)Nc1nc2c(s1)C(c1ccc(F)c(Cl)c1)CN(C)C2. The maximum Gasteiger partial charge on any atom is 0.336 e. The molecule has 1 aromatic heterocycles. The second-order valence-corrected chi connectivity index (χ2v) is 9.21. The Hall–Kier alpha value is -1.63. The second kappa shape index (κ2) is 8.39. The van der Waals surface area contributed by atoms with Gasteiger partial charge in [-0.3, -0.25) is 15.0 Å². The second-order valence-electron chi connectivity index (χ2n) is 6.22. The van der Waals surface area contributed by atoms with Gasteiger partial charge in [0.1, 0.15) is 12.4 Å². The number of anilines is 1. The number of nitrogens with one attached hydrogen (secondary N) is 2. The number of nitrogens with zero attached hydrogens (tertiary/aromatic N) is 2. The molecule has 1 amide bonds. The number of likely N-dealkylation sites (N-methyl/N-ethyl adjacent to an activating group) is 1. The monoisotopic (exact) mass is 448 g/mol. The zero-order valence-electron chi connectivity index (χ0n) is 15.0. The van der Waals surface area contributed by atoms with Crippen LogP contribution in [0.3, 0.4) is 0 Å². The number of carbonyl (C=O) groups excluding carboxylic acids is 1. The Morgan fingerprint density at radius 1 is 1.50 bits per heavy atom. The minimum Gasteiger partial charge on any atom is -0.300 e. The summed E-state index contributed by atoms with van der Waals surface area (Å²) in [5, 5.41) is 2.94. The van der Waals surface area contributed by atoms with Gasteiger partial charge in [0.2, 0.25) is 0 Å². The van der Waals surface area contributed by atoms with Gasteiger partial charge in [0.25, 0.3) is 5.91 Å². The zero-order valence-corrected chi connectivity index (χ0v) is 17.4. The number of benzene rings is 1. The fourth-order valence-electron chi connectivity index (χ4n) is 2.85. The van der Waals surface area contributed by atoms with Gasteiger partial charge in [-0.15, -0.1) is 11.3 Å². The van der Waals surface area contributed by atoms with E-state index in [1.165, 1.54) is 24.5 Å². The maximum absolute atomic E-state index is 13.5. The van der Waals surface area contributed by atoms with E-state index in [1.807, 2.05) is 11.8 Å². The van der Waals surface area contributed by atoms with Crippen LogP contribution in [0.4, 0.5) is 9.52 Å². The van der Waals surface area contributed by atoms with E-state index < -0.39 is 28.6 Å². The number of thiazole rings is 1. The fraction of sp³-hybridized carbons (Fsp3) is 0.375. The molecule has 2 aromatic rings. The van der Waals surface area contributed by atoms with Gasteiger partial charge in [0, 0.05) is 30.9 Å². The van der Waals surface area contributed by atoms with E-state index in [0.717, 1.165) is 16.1 Å². The van der Waals surface area contributed by atoms with Crippen LogP contribution in [0.5, 0.6) is 0 Å². The van der Waals surface area contributed by atoms with Crippen LogP contribution in [0.2, 0.25) is 5.02 Å². The molecule has 28 heavy (non-hydrogen) atoms. The molecule has 1 unspecified atom stereocenters. The normalized spacial score (nSPS) is 17.4. The number of aromatic nitrogens is 1. The third-order valence-corrected chi connectivity index (χ3v) is 6.49. The molecule has 12 heteroatoms. The summed E-state index contributed by atoms with van der Waals surface area (Å²) in [5.41, 5.74) is 1.65. The van der Waals surface area contributed by atoms with E-state index in [4.69, 9.17) is 11.6 Å². The summed E-state index contributed by atoms with van der Waals surface area (Å²) in [5.74, 6) is -1.20. The van der Waals surface area contributed by atoms with E-state index in [1.54, 1.807) is 12.1 Å². The Bertz CT molecular complexity index is 999. The zero-order chi connectivity index (χ0) is 20.5. The molecular weight excluding hydrogens is 431 g/mol. The Morgan fingerprint density at radius 2 is 2.25 bits per heavy atom. The molecule has 0 saturated carbocycles. The topological polar surface area (TPSA) is 101 Å². The minimum atomic E-state index is -3.95. The van der Waals surface area contributed by atoms with Crippen molar-refractivity contribution in [2.24, 2.45) is 0 Å². The van der Waals surface area contributed by atoms with Gasteiger partial charge in [-0.1, -0.05) is 17.7 Å². The highest BCUT2D eigenvalue weighted by Crippen LogP contribution is 2.39. The number of fused-ring (bicyclic) bond motifs is 1. The third-order valence-electron chi connectivity index (χ3n) is 4.15. The Labute approximate surface area is 170 Å². The maximum atomic E-state index is 13.5. The van der Waals surface area contributed by atoms with Crippen LogP contribution in [0.25, 0.3) is 0 Å². The summed E-state index contributed by atoms with van der Waals surface area (Å²) >= 11 is 7.22. The Balaban J connectivity index is 1.79. The van der Waals surface area contributed by atoms with Crippen molar-refractivity contribution in [2.75, 3.05) is 32.6 Å². The molecule has 1 aliphatic rings. The average Bonchev–Trinajstić information content (AvgIpc) is 3.03. The molecule has 0 bridgehead atoms. The summed E-state index contributed by atoms with van der Waals surface area (Å²) in [7, 11) is -0.826. The van der Waals surface area contributed by atoms with Crippen LogP contribution in [0.1, 0.15) is 22.1 Å². The lowest BCUT2D eigenvalue weighted by molar-refractivity contribution is -0.118. The van der Waals surface area contributed by atoms with Gasteiger partial charge < -0.3 is 0 Å². The molecule has 0 radical (unpaired) electrons. The summed E-state index contributed by atoms with van der Waals surface area (Å²) in [6.45, 7) is 0.621. The molecule has 152 valence electrons. The highest BCUT2D eigenvalue weighted by atomic mass is 35.5. The van der Waals surface area contributed by atoms with Gasteiger partial charge in [-0.25, -0.2) is 13.6 Å². The van der Waals surface area contributed by atoms with Crippen LogP contribution < -0.4 is 10.0 Å². The van der Waals surface area contributed by atoms with Crippen molar-refractivity contribution in [3.05, 3.63) is 45.2 Å². The first kappa shape index (κ1) is 21.1. The summed E-state index contributed by atoms with van der Waals surface area (Å²) in [4.78, 5) is 19.4. The van der Waals surface area contributed by atoms with E-state index in [-0.39, 0.29) is 10.9 Å². The largest absolute Gasteiger partial charge is 0.336 e. The van der Waals surface area contributed by atoms with Crippen molar-refractivity contribution in [1.29, 1.82) is 0 Å². The van der Waals surface area contributed by atoms with Crippen molar-refractivity contribution in [1.82, 2.24) is 14.6 Å². The Morgan fingerprint density at radius 3 is 2.93 bits per heavy atom. The lowest BCUT2D eigenvalue weighted by atomic mass is 9.93. The number of amides is 1. The molecule has 0 aliphatic carbocycles. The molecule has 1 atom stereocenters. The van der Waals surface area contributed by atoms with Crippen molar-refractivity contribution in [3.63, 3.8) is 0 Å². The predicted octanol–water partition coefficient (Wildman–Crippen LogP) is 1.93. The first-order valence-electron chi connectivity index (χ1n) is 8.19. The number of rotatable bonds is 6. The molecule has 2 N–H and O–H groups in total. The number of hydrogen-bond donors (Lipinski definition) is 2. The van der Waals surface area contributed by atoms with E-state index in [0.29, 0.717) is 18.2 Å². The van der Waals surface area contributed by atoms with Crippen molar-refractivity contribution in [3.8, 4) is 0 Å². The van der Waals surface area contributed by atoms with Gasteiger partial charge in [0.15, 0.2) is 5.13 Å². The summed E-state index contributed by atoms with van der Waals surface area (Å²) in [6.07, 6.45) is 0. The molecule has 1 aromatic carbocycles. The molecule has 0 spiro atoms. The first-order valence-corrected chi connectivity index (χ1v) is 10.8. The van der Waals surface area contributed by atoms with Crippen LogP contribution in [-0.2, 0) is 25.8 Å². The quantitative estimate of drug-likeness (QED) is 0.700. The minimum absolute atomic E-state index is 0.0493. The van der Waals surface area contributed by atoms with Gasteiger partial charge in [-0.2, -0.15) is 13.1 Å². The smallest absolute Gasteiger partial charge is 0.300 e. The van der Waals surface area contributed by atoms with E-state index >= 15 is 0 Å². The average molecular weight is 449 g/mol. The predicted molar refractivity (Wildman–Crippen MR) is 104 cm³/mol. The Kier molecular flexibility index (Phi) is 6.32. The number of halogens is 2. The highest BCUT2D eigenvalue weighted by molar-refractivity contribution is 7.84. The molecule has 3 rings (SSSR count). The van der Waals surface area contributed by atoms with Crippen molar-refractivity contribution < 1.29 is 21.8 Å². The van der Waals surface area contributed by atoms with Gasteiger partial charge in [0.05, 0.1) is 10.7 Å². The van der Waals surface area contributed by atoms with Crippen LogP contribution in [0, 0.1) is 5.82 Å².